The summed E-state index contributed by atoms with van der Waals surface area (Å²) in [4.78, 5) is 23.8. The number of rotatable bonds is 5. The minimum absolute atomic E-state index is 0.222. The number of carbonyl (C=O) groups is 2. The largest absolute Gasteiger partial charge is 0.495 e. The topological polar surface area (TPSA) is 72.4 Å². The average molecular weight is 415 g/mol. The number of carbonyl (C=O) groups excluding carboxylic acids is 2. The predicted molar refractivity (Wildman–Crippen MR) is 95.0 cm³/mol. The van der Waals surface area contributed by atoms with Crippen LogP contribution in [0.15, 0.2) is 34.9 Å². The molecule has 0 radical (unpaired) electrons. The molecule has 0 atom stereocenters. The first-order valence-corrected chi connectivity index (χ1v) is 8.31. The number of aryl methyl sites for hydroxylation is 2. The van der Waals surface area contributed by atoms with E-state index in [1.807, 2.05) is 6.07 Å². The molecule has 1 aromatic carbocycles. The van der Waals surface area contributed by atoms with Gasteiger partial charge < -0.3 is 9.30 Å². The van der Waals surface area contributed by atoms with E-state index in [1.165, 1.54) is 0 Å². The van der Waals surface area contributed by atoms with Crippen molar-refractivity contribution in [1.82, 2.24) is 15.4 Å². The maximum Gasteiger partial charge on any atom is 0.286 e. The Morgan fingerprint density at radius 2 is 2.04 bits per heavy atom. The summed E-state index contributed by atoms with van der Waals surface area (Å²) in [5.41, 5.74) is 6.14. The molecule has 0 unspecified atom stereocenters. The molecular weight excluding hydrogens is 398 g/mol. The quantitative estimate of drug-likeness (QED) is 0.739. The number of ether oxygens (including phenoxy) is 1. The summed E-state index contributed by atoms with van der Waals surface area (Å²) < 4.78 is 7.53. The van der Waals surface area contributed by atoms with Crippen molar-refractivity contribution in [3.05, 3.63) is 51.2 Å². The van der Waals surface area contributed by atoms with E-state index in [0.717, 1.165) is 10.0 Å². The van der Waals surface area contributed by atoms with Crippen LogP contribution in [0, 0.1) is 0 Å². The van der Waals surface area contributed by atoms with Crippen LogP contribution in [0.3, 0.4) is 0 Å². The average Bonchev–Trinajstić information content (AvgIpc) is 2.89. The van der Waals surface area contributed by atoms with Gasteiger partial charge in [0.25, 0.3) is 5.91 Å². The van der Waals surface area contributed by atoms with Gasteiger partial charge in [0.15, 0.2) is 0 Å². The molecule has 1 aromatic heterocycles. The molecule has 24 heavy (non-hydrogen) atoms. The summed E-state index contributed by atoms with van der Waals surface area (Å²) in [6, 6.07) is 7.03. The van der Waals surface area contributed by atoms with Crippen molar-refractivity contribution < 1.29 is 14.3 Å². The van der Waals surface area contributed by atoms with Crippen LogP contribution in [-0.4, -0.2) is 23.5 Å². The molecule has 6 nitrogen and oxygen atoms in total. The molecule has 2 amide bonds. The monoisotopic (exact) mass is 413 g/mol. The summed E-state index contributed by atoms with van der Waals surface area (Å²) in [7, 11) is 3.29. The van der Waals surface area contributed by atoms with E-state index in [2.05, 4.69) is 26.8 Å². The maximum atomic E-state index is 12.0. The molecule has 2 N–H and O–H groups in total. The van der Waals surface area contributed by atoms with Gasteiger partial charge >= 0.3 is 0 Å². The molecule has 0 aliphatic heterocycles. The Morgan fingerprint density at radius 1 is 1.29 bits per heavy atom. The lowest BCUT2D eigenvalue weighted by Gasteiger charge is -2.09. The van der Waals surface area contributed by atoms with Crippen molar-refractivity contribution in [1.29, 1.82) is 0 Å². The molecule has 2 aromatic rings. The van der Waals surface area contributed by atoms with Crippen LogP contribution in [0.5, 0.6) is 5.75 Å². The molecule has 8 heteroatoms. The first-order chi connectivity index (χ1) is 11.4. The van der Waals surface area contributed by atoms with Crippen LogP contribution in [0.25, 0.3) is 0 Å². The molecule has 0 fully saturated rings. The van der Waals surface area contributed by atoms with Crippen LogP contribution < -0.4 is 15.6 Å². The highest BCUT2D eigenvalue weighted by atomic mass is 79.9. The van der Waals surface area contributed by atoms with Gasteiger partial charge in [-0.1, -0.05) is 17.7 Å². The van der Waals surface area contributed by atoms with E-state index in [0.29, 0.717) is 22.9 Å². The van der Waals surface area contributed by atoms with E-state index in [1.54, 1.807) is 43.1 Å². The Labute approximate surface area is 153 Å². The fourth-order valence-corrected chi connectivity index (χ4v) is 2.93. The van der Waals surface area contributed by atoms with Gasteiger partial charge in [0.2, 0.25) is 5.91 Å². The van der Waals surface area contributed by atoms with Crippen molar-refractivity contribution in [2.75, 3.05) is 7.11 Å². The highest BCUT2D eigenvalue weighted by molar-refractivity contribution is 9.10. The number of hydrogen-bond donors (Lipinski definition) is 2. The second kappa shape index (κ2) is 8.21. The highest BCUT2D eigenvalue weighted by Crippen LogP contribution is 2.25. The number of benzene rings is 1. The number of aromatic nitrogens is 1. The number of nitrogens with zero attached hydrogens (tertiary/aromatic N) is 1. The molecule has 0 aliphatic rings. The number of amides is 2. The van der Waals surface area contributed by atoms with Gasteiger partial charge in [0.1, 0.15) is 11.4 Å². The SMILES string of the molecule is COc1ccc(CCC(=O)NNC(=O)c2cc(Br)cn2C)cc1Cl. The van der Waals surface area contributed by atoms with Crippen molar-refractivity contribution in [3.63, 3.8) is 0 Å². The Kier molecular flexibility index (Phi) is 6.28. The zero-order valence-corrected chi connectivity index (χ0v) is 15.6. The molecule has 2 rings (SSSR count). The second-order valence-corrected chi connectivity index (χ2v) is 6.45. The zero-order chi connectivity index (χ0) is 17.7. The number of nitrogens with one attached hydrogen (secondary N) is 2. The van der Waals surface area contributed by atoms with Gasteiger partial charge in [-0.15, -0.1) is 0 Å². The Bertz CT molecular complexity index is 761. The van der Waals surface area contributed by atoms with Gasteiger partial charge in [0, 0.05) is 24.1 Å². The number of hydrogen-bond acceptors (Lipinski definition) is 3. The first kappa shape index (κ1) is 18.4. The lowest BCUT2D eigenvalue weighted by Crippen LogP contribution is -2.42. The van der Waals surface area contributed by atoms with E-state index in [-0.39, 0.29) is 18.2 Å². The molecule has 0 aliphatic carbocycles. The van der Waals surface area contributed by atoms with E-state index in [4.69, 9.17) is 16.3 Å². The minimum Gasteiger partial charge on any atom is -0.495 e. The predicted octanol–water partition coefficient (Wildman–Crippen LogP) is 2.84. The third-order valence-electron chi connectivity index (χ3n) is 3.38. The smallest absolute Gasteiger partial charge is 0.286 e. The summed E-state index contributed by atoms with van der Waals surface area (Å²) in [5, 5.41) is 0.498. The number of halogens is 2. The fourth-order valence-electron chi connectivity index (χ4n) is 2.13. The third-order valence-corrected chi connectivity index (χ3v) is 4.11. The normalized spacial score (nSPS) is 10.3. The molecule has 0 saturated heterocycles. The highest BCUT2D eigenvalue weighted by Gasteiger charge is 2.12. The molecule has 0 spiro atoms. The first-order valence-electron chi connectivity index (χ1n) is 7.14. The van der Waals surface area contributed by atoms with Crippen molar-refractivity contribution >= 4 is 39.3 Å². The van der Waals surface area contributed by atoms with Crippen LogP contribution in [0.1, 0.15) is 22.5 Å². The standard InChI is InChI=1S/C16H17BrClN3O3/c1-21-9-11(17)8-13(21)16(23)20-19-15(22)6-4-10-3-5-14(24-2)12(18)7-10/h3,5,7-9H,4,6H2,1-2H3,(H,19,22)(H,20,23). The van der Waals surface area contributed by atoms with Crippen LogP contribution >= 0.6 is 27.5 Å². The van der Waals surface area contributed by atoms with Crippen molar-refractivity contribution in [2.45, 2.75) is 12.8 Å². The van der Waals surface area contributed by atoms with Crippen LogP contribution in [0.2, 0.25) is 5.02 Å². The van der Waals surface area contributed by atoms with Crippen LogP contribution in [0.4, 0.5) is 0 Å². The lowest BCUT2D eigenvalue weighted by molar-refractivity contribution is -0.121. The molecule has 1 heterocycles. The Morgan fingerprint density at radius 3 is 2.62 bits per heavy atom. The maximum absolute atomic E-state index is 12.0. The summed E-state index contributed by atoms with van der Waals surface area (Å²) >= 11 is 9.33. The van der Waals surface area contributed by atoms with Crippen molar-refractivity contribution in [2.24, 2.45) is 7.05 Å². The minimum atomic E-state index is -0.385. The van der Waals surface area contributed by atoms with Crippen LogP contribution in [-0.2, 0) is 18.3 Å². The van der Waals surface area contributed by atoms with Gasteiger partial charge in [-0.2, -0.15) is 0 Å². The molecular formula is C16H17BrClN3O3. The van der Waals surface area contributed by atoms with E-state index in [9.17, 15) is 9.59 Å². The third kappa shape index (κ3) is 4.75. The van der Waals surface area contributed by atoms with Gasteiger partial charge in [-0.3, -0.25) is 20.4 Å². The van der Waals surface area contributed by atoms with Gasteiger partial charge in [-0.25, -0.2) is 0 Å². The van der Waals surface area contributed by atoms with Gasteiger partial charge in [-0.05, 0) is 46.1 Å². The van der Waals surface area contributed by atoms with Crippen molar-refractivity contribution in [3.8, 4) is 5.75 Å². The van der Waals surface area contributed by atoms with Gasteiger partial charge in [0.05, 0.1) is 12.1 Å². The summed E-state index contributed by atoms with van der Waals surface area (Å²) in [6.07, 6.45) is 2.48. The van der Waals surface area contributed by atoms with E-state index >= 15 is 0 Å². The Hall–Kier alpha value is -1.99. The molecule has 0 saturated carbocycles. The number of methoxy groups -OCH3 is 1. The molecule has 0 bridgehead atoms. The number of hydrazine groups is 1. The summed E-state index contributed by atoms with van der Waals surface area (Å²) in [5.74, 6) is -0.0848. The second-order valence-electron chi connectivity index (χ2n) is 5.13. The van der Waals surface area contributed by atoms with E-state index < -0.39 is 0 Å². The summed E-state index contributed by atoms with van der Waals surface area (Å²) in [6.45, 7) is 0. The fraction of sp³-hybridized carbons (Fsp3) is 0.250. The zero-order valence-electron chi connectivity index (χ0n) is 13.2. The Balaban J connectivity index is 1.82. The molecule has 128 valence electrons. The lowest BCUT2D eigenvalue weighted by atomic mass is 10.1.